The third kappa shape index (κ3) is 3.73. The van der Waals surface area contributed by atoms with Gasteiger partial charge in [-0.15, -0.1) is 12.4 Å². The van der Waals surface area contributed by atoms with E-state index >= 15 is 0 Å². The van der Waals surface area contributed by atoms with Crippen LogP contribution >= 0.6 is 23.7 Å². The zero-order valence-electron chi connectivity index (χ0n) is 14.4. The molecule has 0 saturated carbocycles. The van der Waals surface area contributed by atoms with Crippen molar-refractivity contribution >= 4 is 40.9 Å². The Kier molecular flexibility index (Phi) is 6.24. The number of hydrogen-bond donors (Lipinski definition) is 0. The van der Waals surface area contributed by atoms with E-state index in [2.05, 4.69) is 40.7 Å². The van der Waals surface area contributed by atoms with E-state index in [1.54, 1.807) is 6.92 Å². The van der Waals surface area contributed by atoms with E-state index in [1.165, 1.54) is 29.9 Å². The van der Waals surface area contributed by atoms with E-state index in [-0.39, 0.29) is 18.2 Å². The molecule has 0 amide bonds. The highest BCUT2D eigenvalue weighted by Crippen LogP contribution is 2.23. The number of rotatable bonds is 4. The monoisotopic (exact) mass is 365 g/mol. The molecule has 0 unspecified atom stereocenters. The molecule has 0 spiro atoms. The minimum atomic E-state index is 0. The molecule has 2 heterocycles. The van der Waals surface area contributed by atoms with E-state index in [0.29, 0.717) is 0 Å². The highest BCUT2D eigenvalue weighted by Gasteiger charge is 2.13. The van der Waals surface area contributed by atoms with Gasteiger partial charge in [0.05, 0.1) is 10.6 Å². The number of anilines is 1. The van der Waals surface area contributed by atoms with Crippen molar-refractivity contribution in [1.82, 2.24) is 4.57 Å². The molecule has 1 aliphatic rings. The van der Waals surface area contributed by atoms with Crippen molar-refractivity contribution in [3.8, 4) is 0 Å². The Bertz CT molecular complexity index is 771. The molecule has 0 atom stereocenters. The topological polar surface area (TPSA) is 37.6 Å². The summed E-state index contributed by atoms with van der Waals surface area (Å²) >= 11 is 1.48. The lowest BCUT2D eigenvalue weighted by atomic mass is 10.2. The maximum Gasteiger partial charge on any atom is 0.190 e. The highest BCUT2D eigenvalue weighted by molar-refractivity contribution is 7.11. The van der Waals surface area contributed by atoms with Crippen LogP contribution in [0.2, 0.25) is 0 Å². The fourth-order valence-electron chi connectivity index (χ4n) is 3.09. The summed E-state index contributed by atoms with van der Waals surface area (Å²) in [6.07, 6.45) is 2.57. The first-order chi connectivity index (χ1) is 11.1. The van der Waals surface area contributed by atoms with E-state index < -0.39 is 0 Å². The van der Waals surface area contributed by atoms with Crippen LogP contribution in [0.3, 0.4) is 0 Å². The first-order valence-electron chi connectivity index (χ1n) is 8.21. The van der Waals surface area contributed by atoms with Crippen molar-refractivity contribution in [3.63, 3.8) is 0 Å². The number of hydrogen-bond acceptors (Lipinski definition) is 4. The summed E-state index contributed by atoms with van der Waals surface area (Å²) in [5.74, 6) is 0.112. The maximum absolute atomic E-state index is 11.7. The van der Waals surface area contributed by atoms with Crippen molar-refractivity contribution in [3.05, 3.63) is 39.6 Å². The predicted molar refractivity (Wildman–Crippen MR) is 103 cm³/mol. The number of nitrogens with zero attached hydrogens (tertiary/aromatic N) is 3. The minimum absolute atomic E-state index is 0. The summed E-state index contributed by atoms with van der Waals surface area (Å²) < 4.78 is 2.11. The smallest absolute Gasteiger partial charge is 0.190 e. The molecule has 4 nitrogen and oxygen atoms in total. The van der Waals surface area contributed by atoms with Gasteiger partial charge in [-0.25, -0.2) is 4.99 Å². The van der Waals surface area contributed by atoms with E-state index in [0.717, 1.165) is 40.7 Å². The summed E-state index contributed by atoms with van der Waals surface area (Å²) in [6, 6.07) is 8.42. The Hall–Kier alpha value is -1.59. The quantitative estimate of drug-likeness (QED) is 0.756. The summed E-state index contributed by atoms with van der Waals surface area (Å²) in [6.45, 7) is 8.82. The standard InChI is InChI=1S/C18H23N3OS.ClH/c1-4-21-13(2)17(14(3)22)23-18(21)19-15-7-9-16(10-8-15)20-11-5-6-12-20;/h7-10H,4-6,11-12H2,1-3H3;1H/b19-18-;. The second kappa shape index (κ2) is 7.99. The number of carbonyl (C=O) groups is 1. The first-order valence-corrected chi connectivity index (χ1v) is 9.02. The normalized spacial score (nSPS) is 14.8. The van der Waals surface area contributed by atoms with E-state index in [9.17, 15) is 4.79 Å². The van der Waals surface area contributed by atoms with Gasteiger partial charge in [0.25, 0.3) is 0 Å². The van der Waals surface area contributed by atoms with Crippen LogP contribution < -0.4 is 9.70 Å². The third-order valence-corrected chi connectivity index (χ3v) is 5.62. The average Bonchev–Trinajstić information content (AvgIpc) is 3.16. The van der Waals surface area contributed by atoms with Crippen LogP contribution in [0.25, 0.3) is 0 Å². The van der Waals surface area contributed by atoms with E-state index in [1.807, 2.05) is 6.92 Å². The van der Waals surface area contributed by atoms with Crippen molar-refractivity contribution in [2.45, 2.75) is 40.2 Å². The van der Waals surface area contributed by atoms with Gasteiger partial charge >= 0.3 is 0 Å². The number of benzene rings is 1. The lowest BCUT2D eigenvalue weighted by Gasteiger charge is -2.17. The molecule has 6 heteroatoms. The van der Waals surface area contributed by atoms with Crippen molar-refractivity contribution < 1.29 is 4.79 Å². The van der Waals surface area contributed by atoms with Crippen LogP contribution in [0, 0.1) is 6.92 Å². The Morgan fingerprint density at radius 2 is 1.83 bits per heavy atom. The van der Waals surface area contributed by atoms with Gasteiger partial charge < -0.3 is 9.47 Å². The average molecular weight is 366 g/mol. The molecular weight excluding hydrogens is 342 g/mol. The molecule has 0 radical (unpaired) electrons. The largest absolute Gasteiger partial charge is 0.372 e. The van der Waals surface area contributed by atoms with Gasteiger partial charge in [0.1, 0.15) is 0 Å². The summed E-state index contributed by atoms with van der Waals surface area (Å²) in [5.41, 5.74) is 3.22. The van der Waals surface area contributed by atoms with Gasteiger partial charge in [0.15, 0.2) is 10.6 Å². The van der Waals surface area contributed by atoms with Crippen molar-refractivity contribution in [1.29, 1.82) is 0 Å². The lowest BCUT2D eigenvalue weighted by molar-refractivity contribution is 0.102. The second-order valence-corrected chi connectivity index (χ2v) is 6.90. The third-order valence-electron chi connectivity index (χ3n) is 4.34. The number of Topliss-reactive ketones (excluding diaryl/α,β-unsaturated/α-hetero) is 1. The van der Waals surface area contributed by atoms with Crippen LogP contribution in [-0.2, 0) is 6.54 Å². The van der Waals surface area contributed by atoms with Crippen LogP contribution in [0.5, 0.6) is 0 Å². The number of ketones is 1. The van der Waals surface area contributed by atoms with Gasteiger partial charge in [-0.3, -0.25) is 4.79 Å². The molecule has 24 heavy (non-hydrogen) atoms. The van der Waals surface area contributed by atoms with Crippen LogP contribution in [0.4, 0.5) is 11.4 Å². The molecule has 0 N–H and O–H groups in total. The molecule has 130 valence electrons. The summed E-state index contributed by atoms with van der Waals surface area (Å²) in [5, 5.41) is 0. The molecular formula is C18H24ClN3OS. The highest BCUT2D eigenvalue weighted by atomic mass is 35.5. The van der Waals surface area contributed by atoms with Crippen LogP contribution in [-0.4, -0.2) is 23.4 Å². The van der Waals surface area contributed by atoms with Crippen LogP contribution in [0.15, 0.2) is 29.3 Å². The Balaban J connectivity index is 0.00000208. The zero-order chi connectivity index (χ0) is 16.4. The Morgan fingerprint density at radius 3 is 2.38 bits per heavy atom. The molecule has 0 aliphatic carbocycles. The van der Waals surface area contributed by atoms with Gasteiger partial charge in [-0.1, -0.05) is 11.3 Å². The number of thiazole rings is 1. The summed E-state index contributed by atoms with van der Waals surface area (Å²) in [4.78, 5) is 20.6. The number of carbonyl (C=O) groups excluding carboxylic acids is 1. The van der Waals surface area contributed by atoms with Crippen LogP contribution in [0.1, 0.15) is 42.1 Å². The van der Waals surface area contributed by atoms with Gasteiger partial charge in [-0.2, -0.15) is 0 Å². The summed E-state index contributed by atoms with van der Waals surface area (Å²) in [7, 11) is 0. The molecule has 3 rings (SSSR count). The van der Waals surface area contributed by atoms with E-state index in [4.69, 9.17) is 4.99 Å². The Morgan fingerprint density at radius 1 is 1.21 bits per heavy atom. The first kappa shape index (κ1) is 18.7. The molecule has 1 saturated heterocycles. The number of halogens is 1. The molecule has 1 aliphatic heterocycles. The zero-order valence-corrected chi connectivity index (χ0v) is 16.0. The molecule has 1 aromatic carbocycles. The van der Waals surface area contributed by atoms with Gasteiger partial charge in [0.2, 0.25) is 0 Å². The number of aromatic nitrogens is 1. The fourth-order valence-corrected chi connectivity index (χ4v) is 4.20. The fraction of sp³-hybridized carbons (Fsp3) is 0.444. The molecule has 1 fully saturated rings. The van der Waals surface area contributed by atoms with Crippen molar-refractivity contribution in [2.24, 2.45) is 4.99 Å². The Labute approximate surface area is 153 Å². The predicted octanol–water partition coefficient (Wildman–Crippen LogP) is 4.33. The second-order valence-electron chi connectivity index (χ2n) is 5.92. The van der Waals surface area contributed by atoms with Crippen molar-refractivity contribution in [2.75, 3.05) is 18.0 Å². The molecule has 0 bridgehead atoms. The van der Waals surface area contributed by atoms with Gasteiger partial charge in [0, 0.05) is 37.9 Å². The van der Waals surface area contributed by atoms with Gasteiger partial charge in [-0.05, 0) is 51.0 Å². The molecule has 2 aromatic rings. The molecule has 1 aromatic heterocycles. The maximum atomic E-state index is 11.7. The lowest BCUT2D eigenvalue weighted by Crippen LogP contribution is -2.17. The SMILES string of the molecule is CCn1c(C)c(C(C)=O)s/c1=N\c1ccc(N2CCCC2)cc1.Cl. The minimum Gasteiger partial charge on any atom is -0.372 e.